The van der Waals surface area contributed by atoms with E-state index in [0.717, 1.165) is 31.8 Å². The standard InChI is InChI=1S/C19H25N5O2/c1-14-20-17(23-22-14)10-11-18(25)21-16-9-5-4-8-15(16)19(26)24-12-6-2-3-7-13-24/h4-5,8-9H,2-3,6-7,10-13H2,1H3,(H,21,25)(H,20,22,23). The van der Waals surface area contributed by atoms with E-state index in [0.29, 0.717) is 23.5 Å². The van der Waals surface area contributed by atoms with Gasteiger partial charge in [0, 0.05) is 25.9 Å². The molecule has 7 heteroatoms. The van der Waals surface area contributed by atoms with Gasteiger partial charge in [0.05, 0.1) is 11.3 Å². The van der Waals surface area contributed by atoms with E-state index in [1.807, 2.05) is 24.0 Å². The van der Waals surface area contributed by atoms with Crippen molar-refractivity contribution in [2.24, 2.45) is 0 Å². The molecule has 0 saturated carbocycles. The van der Waals surface area contributed by atoms with Crippen molar-refractivity contribution >= 4 is 17.5 Å². The number of aryl methyl sites for hydroxylation is 2. The van der Waals surface area contributed by atoms with Crippen molar-refractivity contribution in [3.63, 3.8) is 0 Å². The fraction of sp³-hybridized carbons (Fsp3) is 0.474. The zero-order valence-electron chi connectivity index (χ0n) is 15.1. The number of amides is 2. The molecular formula is C19H25N5O2. The number of hydrogen-bond acceptors (Lipinski definition) is 4. The maximum absolute atomic E-state index is 12.9. The number of para-hydroxylation sites is 1. The summed E-state index contributed by atoms with van der Waals surface area (Å²) >= 11 is 0. The topological polar surface area (TPSA) is 91.0 Å². The van der Waals surface area contributed by atoms with E-state index in [4.69, 9.17) is 0 Å². The average molecular weight is 355 g/mol. The first-order valence-electron chi connectivity index (χ1n) is 9.19. The van der Waals surface area contributed by atoms with Gasteiger partial charge in [0.1, 0.15) is 5.82 Å². The smallest absolute Gasteiger partial charge is 0.255 e. The molecule has 26 heavy (non-hydrogen) atoms. The minimum atomic E-state index is -0.149. The molecule has 0 aliphatic carbocycles. The third-order valence-corrected chi connectivity index (χ3v) is 4.54. The molecule has 2 heterocycles. The molecule has 138 valence electrons. The maximum Gasteiger partial charge on any atom is 0.255 e. The van der Waals surface area contributed by atoms with Gasteiger partial charge in [-0.1, -0.05) is 25.0 Å². The highest BCUT2D eigenvalue weighted by atomic mass is 16.2. The highest BCUT2D eigenvalue weighted by Gasteiger charge is 2.20. The van der Waals surface area contributed by atoms with Crippen LogP contribution in [0.4, 0.5) is 5.69 Å². The molecule has 3 rings (SSSR count). The SMILES string of the molecule is Cc1nc(CCC(=O)Nc2ccccc2C(=O)N2CCCCCC2)n[nH]1. The maximum atomic E-state index is 12.9. The van der Waals surface area contributed by atoms with Gasteiger partial charge in [0.2, 0.25) is 5.91 Å². The molecule has 7 nitrogen and oxygen atoms in total. The lowest BCUT2D eigenvalue weighted by Crippen LogP contribution is -2.32. The lowest BCUT2D eigenvalue weighted by molar-refractivity contribution is -0.116. The van der Waals surface area contributed by atoms with Crippen LogP contribution < -0.4 is 5.32 Å². The molecule has 0 radical (unpaired) electrons. The van der Waals surface area contributed by atoms with Crippen LogP contribution in [-0.4, -0.2) is 45.0 Å². The second kappa shape index (κ2) is 8.60. The highest BCUT2D eigenvalue weighted by molar-refractivity contribution is 6.03. The molecule has 1 aliphatic rings. The summed E-state index contributed by atoms with van der Waals surface area (Å²) in [5.41, 5.74) is 1.12. The van der Waals surface area contributed by atoms with Crippen molar-refractivity contribution in [2.75, 3.05) is 18.4 Å². The number of anilines is 1. The number of carbonyl (C=O) groups is 2. The summed E-state index contributed by atoms with van der Waals surface area (Å²) in [5, 5.41) is 9.67. The van der Waals surface area contributed by atoms with Crippen LogP contribution in [0.2, 0.25) is 0 Å². The van der Waals surface area contributed by atoms with Crippen LogP contribution in [0.15, 0.2) is 24.3 Å². The van der Waals surface area contributed by atoms with Crippen molar-refractivity contribution in [3.8, 4) is 0 Å². The van der Waals surface area contributed by atoms with Crippen LogP contribution in [0.25, 0.3) is 0 Å². The van der Waals surface area contributed by atoms with E-state index in [1.165, 1.54) is 12.8 Å². The summed E-state index contributed by atoms with van der Waals surface area (Å²) in [5.74, 6) is 1.19. The number of H-pyrrole nitrogens is 1. The minimum Gasteiger partial charge on any atom is -0.339 e. The van der Waals surface area contributed by atoms with Crippen LogP contribution in [0.3, 0.4) is 0 Å². The number of likely N-dealkylation sites (tertiary alicyclic amines) is 1. The number of rotatable bonds is 5. The lowest BCUT2D eigenvalue weighted by atomic mass is 10.1. The second-order valence-corrected chi connectivity index (χ2v) is 6.64. The molecule has 1 aromatic heterocycles. The first-order valence-corrected chi connectivity index (χ1v) is 9.19. The van der Waals surface area contributed by atoms with Crippen LogP contribution in [-0.2, 0) is 11.2 Å². The average Bonchev–Trinajstić information content (AvgIpc) is 2.89. The number of hydrogen-bond donors (Lipinski definition) is 2. The Morgan fingerprint density at radius 1 is 1.15 bits per heavy atom. The van der Waals surface area contributed by atoms with Gasteiger partial charge >= 0.3 is 0 Å². The van der Waals surface area contributed by atoms with E-state index >= 15 is 0 Å². The molecule has 0 atom stereocenters. The van der Waals surface area contributed by atoms with Crippen LogP contribution in [0, 0.1) is 6.92 Å². The second-order valence-electron chi connectivity index (χ2n) is 6.64. The van der Waals surface area contributed by atoms with Crippen molar-refractivity contribution in [3.05, 3.63) is 41.5 Å². The van der Waals surface area contributed by atoms with E-state index in [-0.39, 0.29) is 18.2 Å². The molecule has 1 aromatic carbocycles. The molecule has 0 bridgehead atoms. The van der Waals surface area contributed by atoms with Gasteiger partial charge in [0.15, 0.2) is 5.82 Å². The zero-order chi connectivity index (χ0) is 18.4. The molecular weight excluding hydrogens is 330 g/mol. The third-order valence-electron chi connectivity index (χ3n) is 4.54. The van der Waals surface area contributed by atoms with Crippen LogP contribution >= 0.6 is 0 Å². The van der Waals surface area contributed by atoms with Gasteiger partial charge in [-0.3, -0.25) is 14.7 Å². The molecule has 1 aliphatic heterocycles. The largest absolute Gasteiger partial charge is 0.339 e. The molecule has 1 fully saturated rings. The summed E-state index contributed by atoms with van der Waals surface area (Å²) in [6.45, 7) is 3.39. The van der Waals surface area contributed by atoms with Crippen LogP contribution in [0.1, 0.15) is 54.1 Å². The van der Waals surface area contributed by atoms with Crippen molar-refractivity contribution in [2.45, 2.75) is 45.4 Å². The zero-order valence-corrected chi connectivity index (χ0v) is 15.1. The molecule has 0 spiro atoms. The van der Waals surface area contributed by atoms with Crippen LogP contribution in [0.5, 0.6) is 0 Å². The summed E-state index contributed by atoms with van der Waals surface area (Å²) in [6, 6.07) is 7.21. The first kappa shape index (κ1) is 18.1. The Kier molecular flexibility index (Phi) is 5.99. The molecule has 0 unspecified atom stereocenters. The van der Waals surface area contributed by atoms with E-state index < -0.39 is 0 Å². The number of benzene rings is 1. The fourth-order valence-electron chi connectivity index (χ4n) is 3.16. The molecule has 1 saturated heterocycles. The van der Waals surface area contributed by atoms with Gasteiger partial charge in [-0.15, -0.1) is 0 Å². The molecule has 2 aromatic rings. The Balaban J connectivity index is 1.64. The quantitative estimate of drug-likeness (QED) is 0.863. The normalized spacial score (nSPS) is 14.7. The Morgan fingerprint density at radius 2 is 1.88 bits per heavy atom. The lowest BCUT2D eigenvalue weighted by Gasteiger charge is -2.22. The summed E-state index contributed by atoms with van der Waals surface area (Å²) < 4.78 is 0. The van der Waals surface area contributed by atoms with Crippen molar-refractivity contribution < 1.29 is 9.59 Å². The van der Waals surface area contributed by atoms with Gasteiger partial charge in [-0.2, -0.15) is 5.10 Å². The molecule has 2 amide bonds. The predicted octanol–water partition coefficient (Wildman–Crippen LogP) is 2.70. The summed E-state index contributed by atoms with van der Waals surface area (Å²) in [7, 11) is 0. The number of nitrogens with zero attached hydrogens (tertiary/aromatic N) is 3. The third kappa shape index (κ3) is 4.68. The van der Waals surface area contributed by atoms with Gasteiger partial charge in [-0.05, 0) is 31.9 Å². The Morgan fingerprint density at radius 3 is 2.58 bits per heavy atom. The fourth-order valence-corrected chi connectivity index (χ4v) is 3.16. The Bertz CT molecular complexity index is 763. The highest BCUT2D eigenvalue weighted by Crippen LogP contribution is 2.20. The monoisotopic (exact) mass is 355 g/mol. The summed E-state index contributed by atoms with van der Waals surface area (Å²) in [6.07, 6.45) is 5.14. The number of nitrogens with one attached hydrogen (secondary N) is 2. The number of aromatic nitrogens is 3. The van der Waals surface area contributed by atoms with Crippen molar-refractivity contribution in [1.29, 1.82) is 0 Å². The summed E-state index contributed by atoms with van der Waals surface area (Å²) in [4.78, 5) is 31.3. The minimum absolute atomic E-state index is 0.00704. The van der Waals surface area contributed by atoms with Gasteiger partial charge in [-0.25, -0.2) is 4.98 Å². The molecule has 2 N–H and O–H groups in total. The van der Waals surface area contributed by atoms with Crippen molar-refractivity contribution in [1.82, 2.24) is 20.1 Å². The first-order chi connectivity index (χ1) is 12.6. The Labute approximate surface area is 153 Å². The predicted molar refractivity (Wildman–Crippen MR) is 98.9 cm³/mol. The Hall–Kier alpha value is -2.70. The van der Waals surface area contributed by atoms with E-state index in [9.17, 15) is 9.59 Å². The number of aromatic amines is 1. The van der Waals surface area contributed by atoms with Gasteiger partial charge in [0.25, 0.3) is 5.91 Å². The van der Waals surface area contributed by atoms with E-state index in [2.05, 4.69) is 20.5 Å². The van der Waals surface area contributed by atoms with Gasteiger partial charge < -0.3 is 10.2 Å². The number of carbonyl (C=O) groups excluding carboxylic acids is 2. The van der Waals surface area contributed by atoms with E-state index in [1.54, 1.807) is 12.1 Å².